The second-order valence-electron chi connectivity index (χ2n) is 5.33. The van der Waals surface area contributed by atoms with E-state index >= 15 is 0 Å². The number of rotatable bonds is 9. The van der Waals surface area contributed by atoms with Gasteiger partial charge in [-0.3, -0.25) is 19.7 Å². The number of amides is 1. The van der Waals surface area contributed by atoms with E-state index in [1.165, 1.54) is 13.0 Å². The quantitative estimate of drug-likeness (QED) is 0.291. The van der Waals surface area contributed by atoms with Gasteiger partial charge in [-0.05, 0) is 19.1 Å². The van der Waals surface area contributed by atoms with Crippen LogP contribution in [0.15, 0.2) is 30.9 Å². The Labute approximate surface area is 152 Å². The predicted molar refractivity (Wildman–Crippen MR) is 90.0 cm³/mol. The van der Waals surface area contributed by atoms with Gasteiger partial charge < -0.3 is 15.4 Å². The van der Waals surface area contributed by atoms with Gasteiger partial charge in [-0.25, -0.2) is 0 Å². The van der Waals surface area contributed by atoms with Crippen molar-refractivity contribution in [2.24, 2.45) is 0 Å². The SMILES string of the molecule is C=CCNC(=O)[C@H](C)OC(=O)CCNc1ccc(C(F)(F)F)cc1[N+](=O)[O-]. The summed E-state index contributed by atoms with van der Waals surface area (Å²) in [4.78, 5) is 33.2. The van der Waals surface area contributed by atoms with E-state index in [0.717, 1.165) is 6.07 Å². The molecule has 0 aliphatic carbocycles. The summed E-state index contributed by atoms with van der Waals surface area (Å²) in [5, 5.41) is 15.9. The number of benzene rings is 1. The maximum atomic E-state index is 12.6. The van der Waals surface area contributed by atoms with Crippen LogP contribution in [0, 0.1) is 10.1 Å². The lowest BCUT2D eigenvalue weighted by Crippen LogP contribution is -2.36. The van der Waals surface area contributed by atoms with Crippen LogP contribution < -0.4 is 10.6 Å². The number of nitrogens with zero attached hydrogens (tertiary/aromatic N) is 1. The van der Waals surface area contributed by atoms with Crippen LogP contribution in [0.5, 0.6) is 0 Å². The molecule has 1 atom stereocenters. The highest BCUT2D eigenvalue weighted by Crippen LogP contribution is 2.34. The molecule has 0 fully saturated rings. The highest BCUT2D eigenvalue weighted by atomic mass is 19.4. The van der Waals surface area contributed by atoms with Crippen molar-refractivity contribution >= 4 is 23.3 Å². The minimum Gasteiger partial charge on any atom is -0.452 e. The van der Waals surface area contributed by atoms with Gasteiger partial charge in [0, 0.05) is 19.2 Å². The third-order valence-corrected chi connectivity index (χ3v) is 3.26. The highest BCUT2D eigenvalue weighted by molar-refractivity contribution is 5.83. The van der Waals surface area contributed by atoms with Gasteiger partial charge in [0.2, 0.25) is 0 Å². The maximum Gasteiger partial charge on any atom is 0.416 e. The number of nitrogens with one attached hydrogen (secondary N) is 2. The summed E-state index contributed by atoms with van der Waals surface area (Å²) in [5.74, 6) is -1.27. The van der Waals surface area contributed by atoms with E-state index in [1.54, 1.807) is 0 Å². The Morgan fingerprint density at radius 2 is 2.07 bits per heavy atom. The van der Waals surface area contributed by atoms with E-state index in [2.05, 4.69) is 17.2 Å². The molecule has 1 aromatic rings. The van der Waals surface area contributed by atoms with Crippen LogP contribution in [-0.4, -0.2) is 36.0 Å². The Morgan fingerprint density at radius 3 is 2.63 bits per heavy atom. The fourth-order valence-electron chi connectivity index (χ4n) is 1.93. The number of ether oxygens (including phenoxy) is 1. The zero-order valence-corrected chi connectivity index (χ0v) is 14.3. The zero-order valence-electron chi connectivity index (χ0n) is 14.3. The molecule has 0 aliphatic heterocycles. The molecule has 1 amide bonds. The van der Waals surface area contributed by atoms with Crippen molar-refractivity contribution in [3.05, 3.63) is 46.5 Å². The molecule has 0 bridgehead atoms. The van der Waals surface area contributed by atoms with Gasteiger partial charge >= 0.3 is 12.1 Å². The molecule has 27 heavy (non-hydrogen) atoms. The molecular formula is C16H18F3N3O5. The molecule has 0 radical (unpaired) electrons. The van der Waals surface area contributed by atoms with E-state index in [1.807, 2.05) is 0 Å². The number of hydrogen-bond donors (Lipinski definition) is 2. The zero-order chi connectivity index (χ0) is 20.6. The van der Waals surface area contributed by atoms with Crippen molar-refractivity contribution < 1.29 is 32.4 Å². The molecule has 8 nitrogen and oxygen atoms in total. The molecule has 0 aliphatic rings. The van der Waals surface area contributed by atoms with Crippen molar-refractivity contribution in [1.82, 2.24) is 5.32 Å². The van der Waals surface area contributed by atoms with Crippen LogP contribution in [0.25, 0.3) is 0 Å². The number of halogens is 3. The predicted octanol–water partition coefficient (Wildman–Crippen LogP) is 2.65. The summed E-state index contributed by atoms with van der Waals surface area (Å²) in [6, 6.07) is 2.02. The first-order chi connectivity index (χ1) is 12.6. The average Bonchev–Trinajstić information content (AvgIpc) is 2.58. The Morgan fingerprint density at radius 1 is 1.41 bits per heavy atom. The molecule has 148 valence electrons. The van der Waals surface area contributed by atoms with Gasteiger partial charge in [0.15, 0.2) is 6.10 Å². The van der Waals surface area contributed by atoms with E-state index in [-0.39, 0.29) is 25.2 Å². The lowest BCUT2D eigenvalue weighted by atomic mass is 10.1. The molecule has 0 unspecified atom stereocenters. The molecule has 0 spiro atoms. The Hall–Kier alpha value is -3.11. The summed E-state index contributed by atoms with van der Waals surface area (Å²) in [6.45, 7) is 4.86. The number of nitro benzene ring substituents is 1. The number of esters is 1. The lowest BCUT2D eigenvalue weighted by Gasteiger charge is -2.13. The monoisotopic (exact) mass is 389 g/mol. The second-order valence-corrected chi connectivity index (χ2v) is 5.33. The van der Waals surface area contributed by atoms with Gasteiger partial charge in [-0.1, -0.05) is 6.08 Å². The average molecular weight is 389 g/mol. The molecule has 0 saturated heterocycles. The van der Waals surface area contributed by atoms with E-state index < -0.39 is 40.3 Å². The van der Waals surface area contributed by atoms with E-state index in [9.17, 15) is 32.9 Å². The van der Waals surface area contributed by atoms with Crippen molar-refractivity contribution in [1.29, 1.82) is 0 Å². The number of nitro groups is 1. The third kappa shape index (κ3) is 6.96. The molecule has 1 aromatic carbocycles. The third-order valence-electron chi connectivity index (χ3n) is 3.26. The summed E-state index contributed by atoms with van der Waals surface area (Å²) in [6.07, 6.45) is -4.56. The van der Waals surface area contributed by atoms with Crippen LogP contribution in [-0.2, 0) is 20.5 Å². The molecule has 11 heteroatoms. The van der Waals surface area contributed by atoms with E-state index in [0.29, 0.717) is 12.1 Å². The van der Waals surface area contributed by atoms with Gasteiger partial charge in [-0.15, -0.1) is 6.58 Å². The molecule has 1 rings (SSSR count). The summed E-state index contributed by atoms with van der Waals surface area (Å²) >= 11 is 0. The van der Waals surface area contributed by atoms with Crippen molar-refractivity contribution in [3.8, 4) is 0 Å². The van der Waals surface area contributed by atoms with Crippen LogP contribution >= 0.6 is 0 Å². The van der Waals surface area contributed by atoms with Gasteiger partial charge in [0.05, 0.1) is 16.9 Å². The Kier molecular flexibility index (Phi) is 7.76. The minimum absolute atomic E-state index is 0.133. The maximum absolute atomic E-state index is 12.6. The standard InChI is InChI=1S/C16H18F3N3O5/c1-3-7-21-15(24)10(2)27-14(23)6-8-20-12-5-4-11(16(17,18)19)9-13(12)22(25)26/h3-5,9-10,20H,1,6-8H2,2H3,(H,21,24)/t10-/m0/s1. The summed E-state index contributed by atoms with van der Waals surface area (Å²) in [7, 11) is 0. The molecule has 0 aromatic heterocycles. The van der Waals surface area contributed by atoms with Gasteiger partial charge in [-0.2, -0.15) is 13.2 Å². The van der Waals surface area contributed by atoms with Crippen molar-refractivity contribution in [2.75, 3.05) is 18.4 Å². The van der Waals surface area contributed by atoms with Crippen LogP contribution in [0.1, 0.15) is 18.9 Å². The smallest absolute Gasteiger partial charge is 0.416 e. The lowest BCUT2D eigenvalue weighted by molar-refractivity contribution is -0.384. The fraction of sp³-hybridized carbons (Fsp3) is 0.375. The molecular weight excluding hydrogens is 371 g/mol. The van der Waals surface area contributed by atoms with Crippen LogP contribution in [0.3, 0.4) is 0 Å². The summed E-state index contributed by atoms with van der Waals surface area (Å²) < 4.78 is 42.8. The van der Waals surface area contributed by atoms with Crippen LogP contribution in [0.2, 0.25) is 0 Å². The minimum atomic E-state index is -4.71. The van der Waals surface area contributed by atoms with Gasteiger partial charge in [0.1, 0.15) is 5.69 Å². The fourth-order valence-corrected chi connectivity index (χ4v) is 1.93. The largest absolute Gasteiger partial charge is 0.452 e. The number of anilines is 1. The van der Waals surface area contributed by atoms with E-state index in [4.69, 9.17) is 4.74 Å². The molecule has 2 N–H and O–H groups in total. The van der Waals surface area contributed by atoms with Gasteiger partial charge in [0.25, 0.3) is 11.6 Å². The topological polar surface area (TPSA) is 111 Å². The van der Waals surface area contributed by atoms with Crippen molar-refractivity contribution in [3.63, 3.8) is 0 Å². The molecule has 0 heterocycles. The number of alkyl halides is 3. The number of hydrogen-bond acceptors (Lipinski definition) is 6. The summed E-state index contributed by atoms with van der Waals surface area (Å²) in [5.41, 5.74) is -2.09. The first-order valence-electron chi connectivity index (χ1n) is 7.73. The van der Waals surface area contributed by atoms with Crippen molar-refractivity contribution in [2.45, 2.75) is 25.6 Å². The molecule has 0 saturated carbocycles. The van der Waals surface area contributed by atoms with Crippen LogP contribution in [0.4, 0.5) is 24.5 Å². The Bertz CT molecular complexity index is 722. The normalized spacial score (nSPS) is 12.0. The highest BCUT2D eigenvalue weighted by Gasteiger charge is 2.33. The Balaban J connectivity index is 2.63. The second kappa shape index (κ2) is 9.55. The number of carbonyl (C=O) groups is 2. The number of carbonyl (C=O) groups excluding carboxylic acids is 2. The first kappa shape index (κ1) is 21.9. The first-order valence-corrected chi connectivity index (χ1v) is 7.73.